The summed E-state index contributed by atoms with van der Waals surface area (Å²) in [6.45, 7) is 3.24. The highest BCUT2D eigenvalue weighted by molar-refractivity contribution is 6.33. The van der Waals surface area contributed by atoms with Crippen LogP contribution in [0.2, 0.25) is 5.02 Å². The Kier molecular flexibility index (Phi) is 3.28. The van der Waals surface area contributed by atoms with Gasteiger partial charge in [-0.1, -0.05) is 11.6 Å². The standard InChI is InChI=1S/C16H21ClN2O2/c1-19-8-9(7-18)6-12(19)13-10-2-4-21-16(10)14(17)11-3-5-20-15(11)13/h9,12H,2-8,18H2,1H3. The summed E-state index contributed by atoms with van der Waals surface area (Å²) in [4.78, 5) is 2.40. The molecule has 3 heterocycles. The van der Waals surface area contributed by atoms with E-state index in [1.165, 1.54) is 11.1 Å². The van der Waals surface area contributed by atoms with Crippen molar-refractivity contribution < 1.29 is 9.47 Å². The number of hydrogen-bond donors (Lipinski definition) is 1. The van der Waals surface area contributed by atoms with Gasteiger partial charge >= 0.3 is 0 Å². The molecule has 2 unspecified atom stereocenters. The minimum Gasteiger partial charge on any atom is -0.493 e. The summed E-state index contributed by atoms with van der Waals surface area (Å²) in [7, 11) is 2.18. The molecule has 0 aliphatic carbocycles. The molecule has 1 saturated heterocycles. The zero-order chi connectivity index (χ0) is 14.6. The number of ether oxygens (including phenoxy) is 2. The van der Waals surface area contributed by atoms with Gasteiger partial charge in [0.1, 0.15) is 11.5 Å². The molecule has 1 fully saturated rings. The number of nitrogens with two attached hydrogens (primary N) is 1. The van der Waals surface area contributed by atoms with E-state index in [9.17, 15) is 0 Å². The van der Waals surface area contributed by atoms with Crippen molar-refractivity contribution in [2.45, 2.75) is 25.3 Å². The molecule has 114 valence electrons. The van der Waals surface area contributed by atoms with Crippen LogP contribution in [0.15, 0.2) is 0 Å². The van der Waals surface area contributed by atoms with Gasteiger partial charge in [-0.15, -0.1) is 0 Å². The number of rotatable bonds is 2. The van der Waals surface area contributed by atoms with Gasteiger partial charge in [0.2, 0.25) is 0 Å². The molecule has 2 N–H and O–H groups in total. The Balaban J connectivity index is 1.86. The normalized spacial score (nSPS) is 27.4. The average Bonchev–Trinajstić information content (AvgIpc) is 3.19. The zero-order valence-corrected chi connectivity index (χ0v) is 13.1. The minimum absolute atomic E-state index is 0.373. The number of benzene rings is 1. The van der Waals surface area contributed by atoms with Crippen LogP contribution in [0.5, 0.6) is 11.5 Å². The molecule has 1 aromatic carbocycles. The maximum atomic E-state index is 6.53. The van der Waals surface area contributed by atoms with Crippen LogP contribution in [-0.2, 0) is 12.8 Å². The lowest BCUT2D eigenvalue weighted by molar-refractivity contribution is 0.296. The van der Waals surface area contributed by atoms with Crippen LogP contribution in [0.25, 0.3) is 0 Å². The van der Waals surface area contributed by atoms with Crippen molar-refractivity contribution in [1.82, 2.24) is 4.90 Å². The Morgan fingerprint density at radius 2 is 1.90 bits per heavy atom. The number of likely N-dealkylation sites (tertiary alicyclic amines) is 1. The third-order valence-corrected chi connectivity index (χ3v) is 5.48. The maximum Gasteiger partial charge on any atom is 0.142 e. The first kappa shape index (κ1) is 13.7. The lowest BCUT2D eigenvalue weighted by Crippen LogP contribution is -2.21. The molecule has 2 atom stereocenters. The van der Waals surface area contributed by atoms with Gasteiger partial charge in [-0.05, 0) is 25.9 Å². The molecule has 0 aromatic heterocycles. The van der Waals surface area contributed by atoms with E-state index >= 15 is 0 Å². The fourth-order valence-corrected chi connectivity index (χ4v) is 4.40. The van der Waals surface area contributed by atoms with Crippen molar-refractivity contribution in [1.29, 1.82) is 0 Å². The van der Waals surface area contributed by atoms with Gasteiger partial charge in [0.25, 0.3) is 0 Å². The van der Waals surface area contributed by atoms with Gasteiger partial charge in [-0.25, -0.2) is 0 Å². The summed E-state index contributed by atoms with van der Waals surface area (Å²) in [6, 6.07) is 0.373. The molecule has 3 aliphatic heterocycles. The summed E-state index contributed by atoms with van der Waals surface area (Å²) in [5, 5.41) is 0.773. The van der Waals surface area contributed by atoms with E-state index in [-0.39, 0.29) is 0 Å². The molecule has 0 radical (unpaired) electrons. The predicted molar refractivity (Wildman–Crippen MR) is 82.4 cm³/mol. The van der Waals surface area contributed by atoms with E-state index in [1.807, 2.05) is 0 Å². The van der Waals surface area contributed by atoms with E-state index in [0.29, 0.717) is 12.0 Å². The van der Waals surface area contributed by atoms with Gasteiger partial charge in [-0.3, -0.25) is 4.90 Å². The fraction of sp³-hybridized carbons (Fsp3) is 0.625. The van der Waals surface area contributed by atoms with Crippen LogP contribution in [0.3, 0.4) is 0 Å². The zero-order valence-electron chi connectivity index (χ0n) is 12.3. The lowest BCUT2D eigenvalue weighted by Gasteiger charge is -2.24. The Hall–Kier alpha value is -0.970. The largest absolute Gasteiger partial charge is 0.493 e. The monoisotopic (exact) mass is 308 g/mol. The van der Waals surface area contributed by atoms with E-state index in [4.69, 9.17) is 26.8 Å². The molecular weight excluding hydrogens is 288 g/mol. The van der Waals surface area contributed by atoms with Crippen LogP contribution < -0.4 is 15.2 Å². The predicted octanol–water partition coefficient (Wildman–Crippen LogP) is 2.16. The summed E-state index contributed by atoms with van der Waals surface area (Å²) in [6.07, 6.45) is 2.91. The van der Waals surface area contributed by atoms with Crippen LogP contribution >= 0.6 is 11.6 Å². The van der Waals surface area contributed by atoms with E-state index in [0.717, 1.165) is 67.7 Å². The second kappa shape index (κ2) is 5.04. The van der Waals surface area contributed by atoms with Crippen LogP contribution in [0.1, 0.15) is 29.2 Å². The summed E-state index contributed by atoms with van der Waals surface area (Å²) >= 11 is 6.53. The molecular formula is C16H21ClN2O2. The molecule has 4 rings (SSSR count). The average molecular weight is 309 g/mol. The van der Waals surface area contributed by atoms with Crippen molar-refractivity contribution >= 4 is 11.6 Å². The SMILES string of the molecule is CN1CC(CN)CC1c1c2c(c(Cl)c3c1OCC3)OCC2. The topological polar surface area (TPSA) is 47.7 Å². The molecule has 0 bridgehead atoms. The highest BCUT2D eigenvalue weighted by Gasteiger charge is 2.38. The van der Waals surface area contributed by atoms with Gasteiger partial charge in [0.05, 0.1) is 18.2 Å². The molecule has 4 nitrogen and oxygen atoms in total. The van der Waals surface area contributed by atoms with Crippen molar-refractivity contribution in [3.05, 3.63) is 21.7 Å². The number of hydrogen-bond acceptors (Lipinski definition) is 4. The fourth-order valence-electron chi connectivity index (χ4n) is 4.05. The summed E-state index contributed by atoms with van der Waals surface area (Å²) in [5.74, 6) is 2.49. The smallest absolute Gasteiger partial charge is 0.142 e. The Morgan fingerprint density at radius 1 is 1.19 bits per heavy atom. The molecule has 0 saturated carbocycles. The van der Waals surface area contributed by atoms with E-state index < -0.39 is 0 Å². The van der Waals surface area contributed by atoms with E-state index in [2.05, 4.69) is 11.9 Å². The molecule has 0 amide bonds. The van der Waals surface area contributed by atoms with Gasteiger partial charge in [0.15, 0.2) is 0 Å². The Morgan fingerprint density at radius 3 is 2.62 bits per heavy atom. The molecule has 1 aromatic rings. The highest BCUT2D eigenvalue weighted by Crippen LogP contribution is 2.51. The lowest BCUT2D eigenvalue weighted by atomic mass is 9.91. The quantitative estimate of drug-likeness (QED) is 0.909. The Bertz CT molecular complexity index is 555. The highest BCUT2D eigenvalue weighted by atomic mass is 35.5. The molecule has 3 aliphatic rings. The minimum atomic E-state index is 0.373. The van der Waals surface area contributed by atoms with Crippen molar-refractivity contribution in [3.8, 4) is 11.5 Å². The summed E-state index contributed by atoms with van der Waals surface area (Å²) < 4.78 is 11.8. The first-order valence-electron chi connectivity index (χ1n) is 7.73. The van der Waals surface area contributed by atoms with Gasteiger partial charge in [-0.2, -0.15) is 0 Å². The van der Waals surface area contributed by atoms with Crippen LogP contribution in [0.4, 0.5) is 0 Å². The Labute approximate surface area is 130 Å². The van der Waals surface area contributed by atoms with E-state index in [1.54, 1.807) is 0 Å². The van der Waals surface area contributed by atoms with Crippen molar-refractivity contribution in [3.63, 3.8) is 0 Å². The second-order valence-corrected chi connectivity index (χ2v) is 6.71. The van der Waals surface area contributed by atoms with Crippen molar-refractivity contribution in [2.24, 2.45) is 11.7 Å². The molecule has 0 spiro atoms. The molecule has 5 heteroatoms. The number of fused-ring (bicyclic) bond motifs is 2. The first-order chi connectivity index (χ1) is 10.2. The number of halogens is 1. The van der Waals surface area contributed by atoms with Crippen LogP contribution in [0, 0.1) is 5.92 Å². The third-order valence-electron chi connectivity index (χ3n) is 5.08. The van der Waals surface area contributed by atoms with Gasteiger partial charge in [0, 0.05) is 42.1 Å². The second-order valence-electron chi connectivity index (χ2n) is 6.33. The van der Waals surface area contributed by atoms with Crippen molar-refractivity contribution in [2.75, 3.05) is 33.4 Å². The number of nitrogens with zero attached hydrogens (tertiary/aromatic N) is 1. The maximum absolute atomic E-state index is 6.53. The van der Waals surface area contributed by atoms with Gasteiger partial charge < -0.3 is 15.2 Å². The molecule has 21 heavy (non-hydrogen) atoms. The first-order valence-corrected chi connectivity index (χ1v) is 8.11. The summed E-state index contributed by atoms with van der Waals surface area (Å²) in [5.41, 5.74) is 9.60. The third kappa shape index (κ3) is 1.96. The van der Waals surface area contributed by atoms with Crippen LogP contribution in [-0.4, -0.2) is 38.3 Å².